The highest BCUT2D eigenvalue weighted by molar-refractivity contribution is 7.99. The van der Waals surface area contributed by atoms with Crippen molar-refractivity contribution in [3.05, 3.63) is 101 Å². The molecule has 0 saturated heterocycles. The molecule has 0 saturated carbocycles. The zero-order valence-electron chi connectivity index (χ0n) is 21.5. The number of nitrogens with one attached hydrogen (secondary N) is 1. The van der Waals surface area contributed by atoms with Crippen molar-refractivity contribution in [2.45, 2.75) is 44.5 Å². The van der Waals surface area contributed by atoms with E-state index in [4.69, 9.17) is 4.74 Å². The monoisotopic (exact) mass is 522 g/mol. The van der Waals surface area contributed by atoms with E-state index in [1.54, 1.807) is 30.2 Å². The third kappa shape index (κ3) is 8.93. The first kappa shape index (κ1) is 28.3. The number of halogens is 1. The highest BCUT2D eigenvalue weighted by Gasteiger charge is 2.30. The molecule has 1 N–H and O–H groups in total. The molecule has 0 aliphatic rings. The Morgan fingerprint density at radius 1 is 1.00 bits per heavy atom. The van der Waals surface area contributed by atoms with Crippen molar-refractivity contribution in [2.24, 2.45) is 0 Å². The minimum atomic E-state index is -0.688. The van der Waals surface area contributed by atoms with Crippen molar-refractivity contribution < 1.29 is 18.7 Å². The van der Waals surface area contributed by atoms with Crippen molar-refractivity contribution in [1.82, 2.24) is 10.2 Å². The van der Waals surface area contributed by atoms with Gasteiger partial charge in [-0.25, -0.2) is 4.39 Å². The first-order chi connectivity index (χ1) is 18.0. The van der Waals surface area contributed by atoms with E-state index in [2.05, 4.69) is 12.2 Å². The summed E-state index contributed by atoms with van der Waals surface area (Å²) in [5.74, 6) is 0.561. The average Bonchev–Trinajstić information content (AvgIpc) is 2.92. The number of carbonyl (C=O) groups is 2. The van der Waals surface area contributed by atoms with Gasteiger partial charge in [-0.15, -0.1) is 11.8 Å². The second-order valence-corrected chi connectivity index (χ2v) is 9.79. The fraction of sp³-hybridized carbons (Fsp3) is 0.333. The molecule has 0 fully saturated rings. The lowest BCUT2D eigenvalue weighted by molar-refractivity contribution is -0.139. The fourth-order valence-electron chi connectivity index (χ4n) is 3.97. The maximum Gasteiger partial charge on any atom is 0.243 e. The molecule has 0 heterocycles. The van der Waals surface area contributed by atoms with Crippen LogP contribution in [-0.4, -0.2) is 42.2 Å². The van der Waals surface area contributed by atoms with E-state index >= 15 is 0 Å². The van der Waals surface area contributed by atoms with Gasteiger partial charge in [0.1, 0.15) is 17.6 Å². The largest absolute Gasteiger partial charge is 0.497 e. The Kier molecular flexibility index (Phi) is 11.5. The van der Waals surface area contributed by atoms with Crippen LogP contribution in [0, 0.1) is 5.82 Å². The predicted molar refractivity (Wildman–Crippen MR) is 148 cm³/mol. The van der Waals surface area contributed by atoms with E-state index in [9.17, 15) is 14.0 Å². The van der Waals surface area contributed by atoms with Crippen molar-refractivity contribution in [3.63, 3.8) is 0 Å². The summed E-state index contributed by atoms with van der Waals surface area (Å²) in [5.41, 5.74) is 2.39. The van der Waals surface area contributed by atoms with Crippen molar-refractivity contribution in [3.8, 4) is 5.75 Å². The number of thioether (sulfide) groups is 1. The van der Waals surface area contributed by atoms with Gasteiger partial charge in [-0.2, -0.15) is 0 Å². The second-order valence-electron chi connectivity index (χ2n) is 8.81. The number of hydrogen-bond donors (Lipinski definition) is 1. The lowest BCUT2D eigenvalue weighted by Gasteiger charge is -2.31. The van der Waals surface area contributed by atoms with Gasteiger partial charge in [-0.05, 0) is 41.3 Å². The van der Waals surface area contributed by atoms with Crippen molar-refractivity contribution in [2.75, 3.05) is 19.4 Å². The standard InChI is InChI=1S/C30H35FN2O3S/c1-3-4-17-32-30(35)28(19-23-11-6-5-7-12-23)33(20-24-13-10-15-26(18-24)36-2)29(34)22-37-21-25-14-8-9-16-27(25)31/h5-16,18,28H,3-4,17,19-22H2,1-2H3,(H,32,35)/t28-/m0/s1. The zero-order chi connectivity index (χ0) is 26.5. The lowest BCUT2D eigenvalue weighted by Crippen LogP contribution is -2.51. The minimum absolute atomic E-state index is 0.131. The first-order valence-electron chi connectivity index (χ1n) is 12.6. The summed E-state index contributed by atoms with van der Waals surface area (Å²) >= 11 is 1.34. The number of carbonyl (C=O) groups excluding carboxylic acids is 2. The smallest absolute Gasteiger partial charge is 0.243 e. The maximum atomic E-state index is 14.1. The number of benzene rings is 3. The Balaban J connectivity index is 1.85. The Labute approximate surface area is 223 Å². The molecule has 1 atom stereocenters. The minimum Gasteiger partial charge on any atom is -0.497 e. The summed E-state index contributed by atoms with van der Waals surface area (Å²) in [4.78, 5) is 28.7. The van der Waals surface area contributed by atoms with Gasteiger partial charge in [0.2, 0.25) is 11.8 Å². The van der Waals surface area contributed by atoms with Gasteiger partial charge >= 0.3 is 0 Å². The normalized spacial score (nSPS) is 11.5. The van der Waals surface area contributed by atoms with Crippen LogP contribution in [0.1, 0.15) is 36.5 Å². The van der Waals surface area contributed by atoms with Crippen LogP contribution >= 0.6 is 11.8 Å². The number of ether oxygens (including phenoxy) is 1. The molecular weight excluding hydrogens is 487 g/mol. The molecule has 0 aromatic heterocycles. The summed E-state index contributed by atoms with van der Waals surface area (Å²) in [5, 5.41) is 3.02. The van der Waals surface area contributed by atoms with Crippen LogP contribution in [0.2, 0.25) is 0 Å². The molecule has 5 nitrogen and oxygen atoms in total. The molecule has 3 aromatic rings. The summed E-state index contributed by atoms with van der Waals surface area (Å²) < 4.78 is 19.5. The molecule has 7 heteroatoms. The predicted octanol–water partition coefficient (Wildman–Crippen LogP) is 5.62. The van der Waals surface area contributed by atoms with Gasteiger partial charge in [0, 0.05) is 25.3 Å². The van der Waals surface area contributed by atoms with E-state index in [-0.39, 0.29) is 29.9 Å². The number of hydrogen-bond acceptors (Lipinski definition) is 4. The van der Waals surface area contributed by atoms with Gasteiger partial charge in [0.15, 0.2) is 0 Å². The maximum absolute atomic E-state index is 14.1. The summed E-state index contributed by atoms with van der Waals surface area (Å²) in [7, 11) is 1.60. The number of rotatable bonds is 14. The molecular formula is C30H35FN2O3S. The summed E-state index contributed by atoms with van der Waals surface area (Å²) in [6.07, 6.45) is 2.22. The summed E-state index contributed by atoms with van der Waals surface area (Å²) in [6, 6.07) is 23.1. The zero-order valence-corrected chi connectivity index (χ0v) is 22.3. The highest BCUT2D eigenvalue weighted by atomic mass is 32.2. The molecule has 2 amide bonds. The Bertz CT molecular complexity index is 1140. The van der Waals surface area contributed by atoms with E-state index in [1.165, 1.54) is 17.8 Å². The molecule has 0 unspecified atom stereocenters. The number of unbranched alkanes of at least 4 members (excludes halogenated alkanes) is 1. The van der Waals surface area contributed by atoms with Gasteiger partial charge in [-0.1, -0.05) is 74.0 Å². The lowest BCUT2D eigenvalue weighted by atomic mass is 10.0. The van der Waals surface area contributed by atoms with Crippen LogP contribution < -0.4 is 10.1 Å². The van der Waals surface area contributed by atoms with E-state index in [1.807, 2.05) is 54.6 Å². The molecule has 0 aliphatic heterocycles. The number of nitrogens with zero attached hydrogens (tertiary/aromatic N) is 1. The Morgan fingerprint density at radius 2 is 1.73 bits per heavy atom. The average molecular weight is 523 g/mol. The van der Waals surface area contributed by atoms with Crippen LogP contribution in [-0.2, 0) is 28.3 Å². The van der Waals surface area contributed by atoms with Crippen LogP contribution in [0.15, 0.2) is 78.9 Å². The molecule has 196 valence electrons. The second kappa shape index (κ2) is 15.1. The Morgan fingerprint density at radius 3 is 2.46 bits per heavy atom. The van der Waals surface area contributed by atoms with Crippen LogP contribution in [0.4, 0.5) is 4.39 Å². The van der Waals surface area contributed by atoms with Crippen molar-refractivity contribution in [1.29, 1.82) is 0 Å². The quantitative estimate of drug-likeness (QED) is 0.279. The van der Waals surface area contributed by atoms with Crippen LogP contribution in [0.5, 0.6) is 5.75 Å². The highest BCUT2D eigenvalue weighted by Crippen LogP contribution is 2.21. The molecule has 3 rings (SSSR count). The summed E-state index contributed by atoms with van der Waals surface area (Å²) in [6.45, 7) is 2.89. The molecule has 3 aromatic carbocycles. The van der Waals surface area contributed by atoms with Gasteiger partial charge in [0.25, 0.3) is 0 Å². The number of amides is 2. The topological polar surface area (TPSA) is 58.6 Å². The SMILES string of the molecule is CCCCNC(=O)[C@H](Cc1ccccc1)N(Cc1cccc(OC)c1)C(=O)CSCc1ccccc1F. The van der Waals surface area contributed by atoms with Crippen LogP contribution in [0.3, 0.4) is 0 Å². The van der Waals surface area contributed by atoms with E-state index in [0.717, 1.165) is 24.0 Å². The van der Waals surface area contributed by atoms with Gasteiger partial charge < -0.3 is 15.0 Å². The molecule has 0 spiro atoms. The fourth-order valence-corrected chi connectivity index (χ4v) is 4.87. The third-order valence-corrected chi connectivity index (χ3v) is 6.99. The Hall–Kier alpha value is -3.32. The van der Waals surface area contributed by atoms with Crippen LogP contribution in [0.25, 0.3) is 0 Å². The molecule has 0 aliphatic carbocycles. The first-order valence-corrected chi connectivity index (χ1v) is 13.7. The van der Waals surface area contributed by atoms with E-state index < -0.39 is 6.04 Å². The molecule has 37 heavy (non-hydrogen) atoms. The molecule has 0 radical (unpaired) electrons. The third-order valence-electron chi connectivity index (χ3n) is 6.03. The van der Waals surface area contributed by atoms with E-state index in [0.29, 0.717) is 30.0 Å². The van der Waals surface area contributed by atoms with Crippen molar-refractivity contribution >= 4 is 23.6 Å². The number of methoxy groups -OCH3 is 1. The van der Waals surface area contributed by atoms with Gasteiger partial charge in [-0.3, -0.25) is 9.59 Å². The van der Waals surface area contributed by atoms with Gasteiger partial charge in [0.05, 0.1) is 12.9 Å². The molecule has 0 bridgehead atoms.